The summed E-state index contributed by atoms with van der Waals surface area (Å²) in [5.74, 6) is 1.15. The van der Waals surface area contributed by atoms with E-state index in [9.17, 15) is 4.79 Å². The lowest BCUT2D eigenvalue weighted by Crippen LogP contribution is -2.27. The molecule has 1 saturated heterocycles. The fourth-order valence-corrected chi connectivity index (χ4v) is 4.03. The zero-order valence-electron chi connectivity index (χ0n) is 15.8. The molecule has 28 heavy (non-hydrogen) atoms. The van der Waals surface area contributed by atoms with Crippen molar-refractivity contribution >= 4 is 57.6 Å². The molecule has 0 aromatic heterocycles. The number of anilines is 1. The third-order valence-corrected chi connectivity index (χ3v) is 5.82. The summed E-state index contributed by atoms with van der Waals surface area (Å²) < 4.78 is 11.8. The number of ether oxygens (including phenoxy) is 2. The van der Waals surface area contributed by atoms with E-state index in [1.807, 2.05) is 31.2 Å². The number of nitrogens with zero attached hydrogens (tertiary/aromatic N) is 1. The van der Waals surface area contributed by atoms with Crippen molar-refractivity contribution in [2.45, 2.75) is 26.4 Å². The van der Waals surface area contributed by atoms with Gasteiger partial charge in [-0.3, -0.25) is 9.69 Å². The minimum absolute atomic E-state index is 0.0929. The van der Waals surface area contributed by atoms with Crippen molar-refractivity contribution in [1.82, 2.24) is 0 Å². The maximum absolute atomic E-state index is 12.9. The molecular weight excluding hydrogens is 414 g/mol. The Kier molecular flexibility index (Phi) is 6.65. The van der Waals surface area contributed by atoms with Gasteiger partial charge < -0.3 is 9.47 Å². The summed E-state index contributed by atoms with van der Waals surface area (Å²) in [4.78, 5) is 14.9. The first-order chi connectivity index (χ1) is 13.4. The van der Waals surface area contributed by atoms with Crippen molar-refractivity contribution in [2.75, 3.05) is 12.0 Å². The lowest BCUT2D eigenvalue weighted by molar-refractivity contribution is -0.113. The SMILES string of the molecule is CC[C@H](C)Oc1ccc(/C=C2/SC(=S)N(c3ccc(Cl)cc3)C2=O)cc1OC. The average Bonchev–Trinajstić information content (AvgIpc) is 2.96. The van der Waals surface area contributed by atoms with Gasteiger partial charge in [0.25, 0.3) is 5.91 Å². The number of halogens is 1. The van der Waals surface area contributed by atoms with E-state index in [-0.39, 0.29) is 12.0 Å². The first-order valence-corrected chi connectivity index (χ1v) is 10.4. The number of benzene rings is 2. The molecule has 1 fully saturated rings. The Morgan fingerprint density at radius 2 is 1.93 bits per heavy atom. The molecule has 2 aromatic carbocycles. The lowest BCUT2D eigenvalue weighted by atomic mass is 10.1. The summed E-state index contributed by atoms with van der Waals surface area (Å²) in [6.07, 6.45) is 2.80. The lowest BCUT2D eigenvalue weighted by Gasteiger charge is -2.16. The van der Waals surface area contributed by atoms with E-state index in [0.717, 1.165) is 12.0 Å². The summed E-state index contributed by atoms with van der Waals surface area (Å²) in [5, 5.41) is 0.608. The van der Waals surface area contributed by atoms with Crippen LogP contribution < -0.4 is 14.4 Å². The van der Waals surface area contributed by atoms with Crippen LogP contribution in [0, 0.1) is 0 Å². The number of hydrogen-bond donors (Lipinski definition) is 0. The van der Waals surface area contributed by atoms with Gasteiger partial charge in [-0.05, 0) is 61.4 Å². The second-order valence-corrected chi connectivity index (χ2v) is 8.35. The predicted molar refractivity (Wildman–Crippen MR) is 120 cm³/mol. The van der Waals surface area contributed by atoms with Crippen LogP contribution in [0.3, 0.4) is 0 Å². The van der Waals surface area contributed by atoms with Crippen molar-refractivity contribution in [3.63, 3.8) is 0 Å². The van der Waals surface area contributed by atoms with E-state index in [1.54, 1.807) is 31.4 Å². The van der Waals surface area contributed by atoms with Crippen molar-refractivity contribution < 1.29 is 14.3 Å². The van der Waals surface area contributed by atoms with Gasteiger partial charge in [-0.25, -0.2) is 0 Å². The van der Waals surface area contributed by atoms with Gasteiger partial charge in [-0.1, -0.05) is 48.6 Å². The zero-order chi connectivity index (χ0) is 20.3. The summed E-state index contributed by atoms with van der Waals surface area (Å²) in [6.45, 7) is 4.07. The molecule has 0 bridgehead atoms. The number of thiocarbonyl (C=S) groups is 1. The van der Waals surface area contributed by atoms with E-state index in [0.29, 0.717) is 31.4 Å². The number of methoxy groups -OCH3 is 1. The van der Waals surface area contributed by atoms with Crippen molar-refractivity contribution in [2.24, 2.45) is 0 Å². The third kappa shape index (κ3) is 4.51. The van der Waals surface area contributed by atoms with Gasteiger partial charge in [-0.15, -0.1) is 0 Å². The normalized spacial score (nSPS) is 16.6. The van der Waals surface area contributed by atoms with Gasteiger partial charge in [0, 0.05) is 5.02 Å². The Labute approximate surface area is 179 Å². The van der Waals surface area contributed by atoms with E-state index >= 15 is 0 Å². The van der Waals surface area contributed by atoms with Crippen LogP contribution in [0.4, 0.5) is 5.69 Å². The molecule has 1 atom stereocenters. The molecule has 0 radical (unpaired) electrons. The van der Waals surface area contributed by atoms with Crippen LogP contribution in [0.2, 0.25) is 5.02 Å². The molecule has 7 heteroatoms. The number of carbonyl (C=O) groups is 1. The average molecular weight is 434 g/mol. The Balaban J connectivity index is 1.86. The topological polar surface area (TPSA) is 38.8 Å². The van der Waals surface area contributed by atoms with Gasteiger partial charge in [-0.2, -0.15) is 0 Å². The van der Waals surface area contributed by atoms with Crippen LogP contribution >= 0.6 is 35.6 Å². The third-order valence-electron chi connectivity index (χ3n) is 4.27. The largest absolute Gasteiger partial charge is 0.493 e. The predicted octanol–water partition coefficient (Wildman–Crippen LogP) is 5.93. The Morgan fingerprint density at radius 3 is 2.57 bits per heavy atom. The molecule has 1 heterocycles. The molecule has 1 aliphatic heterocycles. The Morgan fingerprint density at radius 1 is 1.21 bits per heavy atom. The molecule has 2 aromatic rings. The van der Waals surface area contributed by atoms with Crippen molar-refractivity contribution in [3.8, 4) is 11.5 Å². The molecule has 4 nitrogen and oxygen atoms in total. The molecule has 1 amide bonds. The molecule has 3 rings (SSSR count). The van der Waals surface area contributed by atoms with Crippen LogP contribution in [0.5, 0.6) is 11.5 Å². The Bertz CT molecular complexity index is 928. The highest BCUT2D eigenvalue weighted by Crippen LogP contribution is 2.37. The number of rotatable bonds is 6. The van der Waals surface area contributed by atoms with Crippen LogP contribution in [-0.4, -0.2) is 23.4 Å². The highest BCUT2D eigenvalue weighted by molar-refractivity contribution is 8.27. The molecule has 1 aliphatic rings. The highest BCUT2D eigenvalue weighted by Gasteiger charge is 2.33. The van der Waals surface area contributed by atoms with Gasteiger partial charge in [0.2, 0.25) is 0 Å². The van der Waals surface area contributed by atoms with Gasteiger partial charge in [0.15, 0.2) is 15.8 Å². The molecule has 0 N–H and O–H groups in total. The minimum atomic E-state index is -0.156. The van der Waals surface area contributed by atoms with Gasteiger partial charge in [0.1, 0.15) is 0 Å². The van der Waals surface area contributed by atoms with E-state index in [4.69, 9.17) is 33.3 Å². The van der Waals surface area contributed by atoms with Crippen LogP contribution in [0.15, 0.2) is 47.4 Å². The molecule has 0 saturated carbocycles. The van der Waals surface area contributed by atoms with E-state index in [2.05, 4.69) is 6.92 Å². The van der Waals surface area contributed by atoms with Crippen molar-refractivity contribution in [1.29, 1.82) is 0 Å². The number of hydrogen-bond acceptors (Lipinski definition) is 5. The molecule has 0 spiro atoms. The second-order valence-electron chi connectivity index (χ2n) is 6.24. The number of thioether (sulfide) groups is 1. The molecule has 0 aliphatic carbocycles. The summed E-state index contributed by atoms with van der Waals surface area (Å²) in [7, 11) is 1.60. The smallest absolute Gasteiger partial charge is 0.270 e. The van der Waals surface area contributed by atoms with E-state index < -0.39 is 0 Å². The fourth-order valence-electron chi connectivity index (χ4n) is 2.60. The van der Waals surface area contributed by atoms with Crippen LogP contribution in [0.1, 0.15) is 25.8 Å². The second kappa shape index (κ2) is 8.99. The first kappa shape index (κ1) is 20.7. The quantitative estimate of drug-likeness (QED) is 0.417. The summed E-state index contributed by atoms with van der Waals surface area (Å²) in [6, 6.07) is 12.6. The van der Waals surface area contributed by atoms with Gasteiger partial charge in [0.05, 0.1) is 23.8 Å². The molecule has 146 valence electrons. The maximum Gasteiger partial charge on any atom is 0.270 e. The highest BCUT2D eigenvalue weighted by atomic mass is 35.5. The Hall–Kier alpha value is -2.02. The van der Waals surface area contributed by atoms with Crippen molar-refractivity contribution in [3.05, 3.63) is 58.0 Å². The van der Waals surface area contributed by atoms with Gasteiger partial charge >= 0.3 is 0 Å². The maximum atomic E-state index is 12.9. The standard InChI is InChI=1S/C21H20ClNO3S2/c1-4-13(2)26-17-10-5-14(11-18(17)25-3)12-19-20(24)23(21(27)28-19)16-8-6-15(22)7-9-16/h5-13H,4H2,1-3H3/b19-12+/t13-/m0/s1. The monoisotopic (exact) mass is 433 g/mol. The summed E-state index contributed by atoms with van der Waals surface area (Å²) in [5.41, 5.74) is 1.54. The van der Waals surface area contributed by atoms with Crippen LogP contribution in [0.25, 0.3) is 6.08 Å². The number of carbonyl (C=O) groups excluding carboxylic acids is 1. The zero-order valence-corrected chi connectivity index (χ0v) is 18.2. The molecule has 0 unspecified atom stereocenters. The van der Waals surface area contributed by atoms with Crippen LogP contribution in [-0.2, 0) is 4.79 Å². The first-order valence-electron chi connectivity index (χ1n) is 8.81. The fraction of sp³-hybridized carbons (Fsp3) is 0.238. The minimum Gasteiger partial charge on any atom is -0.493 e. The van der Waals surface area contributed by atoms with E-state index in [1.165, 1.54) is 16.7 Å². The number of amides is 1. The summed E-state index contributed by atoms with van der Waals surface area (Å²) >= 11 is 12.6. The molecular formula is C21H20ClNO3S2.